The van der Waals surface area contributed by atoms with Crippen molar-refractivity contribution >= 4 is 23.4 Å². The summed E-state index contributed by atoms with van der Waals surface area (Å²) in [6.45, 7) is -2.51. The first kappa shape index (κ1) is 25.7. The van der Waals surface area contributed by atoms with E-state index in [-0.39, 0.29) is 41.3 Å². The smallest absolute Gasteiger partial charge is 0.387 e. The molecule has 0 atom stereocenters. The number of halogens is 2. The van der Waals surface area contributed by atoms with Crippen LogP contribution >= 0.6 is 0 Å². The van der Waals surface area contributed by atoms with Gasteiger partial charge in [-0.25, -0.2) is 0 Å². The maximum atomic E-state index is 12.6. The molecule has 11 heteroatoms. The molecule has 1 heterocycles. The number of ether oxygens (including phenoxy) is 3. The number of likely N-dealkylation sites (tertiary alicyclic amines) is 1. The third-order valence-corrected chi connectivity index (χ3v) is 5.63. The van der Waals surface area contributed by atoms with Crippen molar-refractivity contribution in [3.63, 3.8) is 0 Å². The molecule has 0 unspecified atom stereocenters. The Morgan fingerprint density at radius 2 is 1.69 bits per heavy atom. The van der Waals surface area contributed by atoms with Gasteiger partial charge in [-0.05, 0) is 43.2 Å². The zero-order valence-corrected chi connectivity index (χ0v) is 19.4. The Bertz CT molecular complexity index is 1060. The second kappa shape index (κ2) is 12.0. The molecular formula is C24H27F2N3O6. The van der Waals surface area contributed by atoms with Gasteiger partial charge in [-0.1, -0.05) is 12.1 Å². The number of alkyl halides is 2. The standard InChI is InChI=1S/C24H27F2N3O6/c1-33-18-6-4-3-5-17(18)28-23(32)15-9-11-29(12-10-15)21(30)14-27-22(31)16-7-8-19(35-24(25)26)20(13-16)34-2/h3-8,13,15,24H,9-12,14H2,1-2H3,(H,27,31)(H,28,32). The fourth-order valence-electron chi connectivity index (χ4n) is 3.75. The van der Waals surface area contributed by atoms with Gasteiger partial charge in [0.2, 0.25) is 11.8 Å². The van der Waals surface area contributed by atoms with Gasteiger partial charge in [-0.3, -0.25) is 14.4 Å². The zero-order chi connectivity index (χ0) is 25.4. The summed E-state index contributed by atoms with van der Waals surface area (Å²) in [5.74, 6) is -0.899. The summed E-state index contributed by atoms with van der Waals surface area (Å²) in [5, 5.41) is 5.39. The SMILES string of the molecule is COc1ccccc1NC(=O)C1CCN(C(=O)CNC(=O)c2ccc(OC(F)F)c(OC)c2)CC1. The number of methoxy groups -OCH3 is 2. The van der Waals surface area contributed by atoms with Crippen molar-refractivity contribution in [2.75, 3.05) is 39.2 Å². The number of amides is 3. The van der Waals surface area contributed by atoms with E-state index < -0.39 is 12.5 Å². The highest BCUT2D eigenvalue weighted by atomic mass is 19.3. The van der Waals surface area contributed by atoms with Crippen LogP contribution in [0.4, 0.5) is 14.5 Å². The van der Waals surface area contributed by atoms with Gasteiger partial charge in [0.15, 0.2) is 11.5 Å². The van der Waals surface area contributed by atoms with E-state index in [1.54, 1.807) is 23.1 Å². The topological polar surface area (TPSA) is 106 Å². The quantitative estimate of drug-likeness (QED) is 0.559. The van der Waals surface area contributed by atoms with Crippen molar-refractivity contribution in [1.82, 2.24) is 10.2 Å². The molecule has 2 N–H and O–H groups in total. The average molecular weight is 491 g/mol. The van der Waals surface area contributed by atoms with Gasteiger partial charge in [0.25, 0.3) is 5.91 Å². The molecule has 0 bridgehead atoms. The predicted molar refractivity (Wildman–Crippen MR) is 123 cm³/mol. The number of benzene rings is 2. The highest BCUT2D eigenvalue weighted by molar-refractivity contribution is 5.97. The Labute approximate surface area is 201 Å². The number of nitrogens with one attached hydrogen (secondary N) is 2. The van der Waals surface area contributed by atoms with Crippen LogP contribution in [0.25, 0.3) is 0 Å². The van der Waals surface area contributed by atoms with Crippen LogP contribution in [-0.4, -0.2) is 63.1 Å². The molecule has 2 aromatic carbocycles. The van der Waals surface area contributed by atoms with E-state index in [2.05, 4.69) is 15.4 Å². The zero-order valence-electron chi connectivity index (χ0n) is 19.4. The number of anilines is 1. The third-order valence-electron chi connectivity index (χ3n) is 5.63. The van der Waals surface area contributed by atoms with E-state index in [1.807, 2.05) is 6.07 Å². The van der Waals surface area contributed by atoms with Crippen molar-refractivity contribution in [1.29, 1.82) is 0 Å². The van der Waals surface area contributed by atoms with Gasteiger partial charge in [0.1, 0.15) is 5.75 Å². The van der Waals surface area contributed by atoms with Crippen LogP contribution in [0, 0.1) is 5.92 Å². The Kier molecular flexibility index (Phi) is 8.82. The lowest BCUT2D eigenvalue weighted by molar-refractivity contribution is -0.133. The monoisotopic (exact) mass is 491 g/mol. The summed E-state index contributed by atoms with van der Waals surface area (Å²) in [6.07, 6.45) is 0.979. The number of rotatable bonds is 9. The third kappa shape index (κ3) is 6.81. The second-order valence-corrected chi connectivity index (χ2v) is 7.77. The Balaban J connectivity index is 1.48. The van der Waals surface area contributed by atoms with Crippen LogP contribution in [0.5, 0.6) is 17.2 Å². The van der Waals surface area contributed by atoms with Gasteiger partial charge in [-0.2, -0.15) is 8.78 Å². The summed E-state index contributed by atoms with van der Waals surface area (Å²) in [7, 11) is 2.79. The Hall–Kier alpha value is -3.89. The number of carbonyl (C=O) groups excluding carboxylic acids is 3. The molecule has 1 aliphatic heterocycles. The number of hydrogen-bond acceptors (Lipinski definition) is 6. The average Bonchev–Trinajstić information content (AvgIpc) is 2.87. The van der Waals surface area contributed by atoms with Crippen LogP contribution in [0.15, 0.2) is 42.5 Å². The molecule has 0 aromatic heterocycles. The molecule has 2 aromatic rings. The van der Waals surface area contributed by atoms with E-state index in [0.717, 1.165) is 0 Å². The largest absolute Gasteiger partial charge is 0.495 e. The Morgan fingerprint density at radius 3 is 2.34 bits per heavy atom. The van der Waals surface area contributed by atoms with Crippen LogP contribution < -0.4 is 24.8 Å². The van der Waals surface area contributed by atoms with E-state index in [1.165, 1.54) is 32.4 Å². The first-order valence-electron chi connectivity index (χ1n) is 10.9. The van der Waals surface area contributed by atoms with E-state index >= 15 is 0 Å². The van der Waals surface area contributed by atoms with E-state index in [4.69, 9.17) is 9.47 Å². The van der Waals surface area contributed by atoms with E-state index in [0.29, 0.717) is 37.4 Å². The molecule has 9 nitrogen and oxygen atoms in total. The number of piperidine rings is 1. The van der Waals surface area contributed by atoms with Crippen LogP contribution in [0.3, 0.4) is 0 Å². The number of hydrogen-bond donors (Lipinski definition) is 2. The molecule has 35 heavy (non-hydrogen) atoms. The first-order chi connectivity index (χ1) is 16.8. The van der Waals surface area contributed by atoms with Crippen molar-refractivity contribution in [3.05, 3.63) is 48.0 Å². The Morgan fingerprint density at radius 1 is 1.00 bits per heavy atom. The summed E-state index contributed by atoms with van der Waals surface area (Å²) >= 11 is 0. The molecule has 1 saturated heterocycles. The lowest BCUT2D eigenvalue weighted by Gasteiger charge is -2.31. The highest BCUT2D eigenvalue weighted by Crippen LogP contribution is 2.29. The molecule has 3 rings (SSSR count). The fraction of sp³-hybridized carbons (Fsp3) is 0.375. The lowest BCUT2D eigenvalue weighted by atomic mass is 9.95. The summed E-state index contributed by atoms with van der Waals surface area (Å²) in [4.78, 5) is 39.2. The minimum atomic E-state index is -3.03. The maximum Gasteiger partial charge on any atom is 0.387 e. The van der Waals surface area contributed by atoms with Gasteiger partial charge >= 0.3 is 6.61 Å². The molecular weight excluding hydrogens is 464 g/mol. The van der Waals surface area contributed by atoms with Crippen molar-refractivity contribution in [2.24, 2.45) is 5.92 Å². The molecule has 1 aliphatic rings. The normalized spacial score (nSPS) is 13.8. The van der Waals surface area contributed by atoms with Gasteiger partial charge in [0, 0.05) is 24.6 Å². The lowest BCUT2D eigenvalue weighted by Crippen LogP contribution is -2.45. The molecule has 0 radical (unpaired) electrons. The highest BCUT2D eigenvalue weighted by Gasteiger charge is 2.28. The number of nitrogens with zero attached hydrogens (tertiary/aromatic N) is 1. The van der Waals surface area contributed by atoms with Gasteiger partial charge < -0.3 is 29.7 Å². The molecule has 0 aliphatic carbocycles. The van der Waals surface area contributed by atoms with Crippen molar-refractivity contribution in [2.45, 2.75) is 19.5 Å². The van der Waals surface area contributed by atoms with Crippen molar-refractivity contribution < 1.29 is 37.4 Å². The molecule has 3 amide bonds. The van der Waals surface area contributed by atoms with Crippen LogP contribution in [0.2, 0.25) is 0 Å². The molecule has 1 fully saturated rings. The number of para-hydroxylation sites is 2. The minimum Gasteiger partial charge on any atom is -0.495 e. The minimum absolute atomic E-state index is 0.0299. The summed E-state index contributed by atoms with van der Waals surface area (Å²) in [5.41, 5.74) is 0.717. The second-order valence-electron chi connectivity index (χ2n) is 7.77. The fourth-order valence-corrected chi connectivity index (χ4v) is 3.75. The molecule has 0 spiro atoms. The summed E-state index contributed by atoms with van der Waals surface area (Å²) in [6, 6.07) is 10.9. The van der Waals surface area contributed by atoms with Crippen molar-refractivity contribution in [3.8, 4) is 17.2 Å². The number of carbonyl (C=O) groups is 3. The first-order valence-corrected chi connectivity index (χ1v) is 10.9. The maximum absolute atomic E-state index is 12.6. The van der Waals surface area contributed by atoms with Crippen LogP contribution in [-0.2, 0) is 9.59 Å². The predicted octanol–water partition coefficient (Wildman–Crippen LogP) is 2.91. The molecule has 0 saturated carbocycles. The van der Waals surface area contributed by atoms with Gasteiger partial charge in [0.05, 0.1) is 26.5 Å². The van der Waals surface area contributed by atoms with Crippen LogP contribution in [0.1, 0.15) is 23.2 Å². The summed E-state index contributed by atoms with van der Waals surface area (Å²) < 4.78 is 39.5. The van der Waals surface area contributed by atoms with Gasteiger partial charge in [-0.15, -0.1) is 0 Å². The molecule has 188 valence electrons. The van der Waals surface area contributed by atoms with E-state index in [9.17, 15) is 23.2 Å².